The van der Waals surface area contributed by atoms with Gasteiger partial charge in [0.2, 0.25) is 0 Å². The predicted octanol–water partition coefficient (Wildman–Crippen LogP) is 2.33. The van der Waals surface area contributed by atoms with Crippen LogP contribution in [-0.4, -0.2) is 35.8 Å². The average Bonchev–Trinajstić information content (AvgIpc) is 3.11. The summed E-state index contributed by atoms with van der Waals surface area (Å²) in [5, 5.41) is 21.0. The first-order chi connectivity index (χ1) is 9.41. The van der Waals surface area contributed by atoms with Crippen molar-refractivity contribution < 1.29 is 14.6 Å². The molecule has 3 rings (SSSR count). The van der Waals surface area contributed by atoms with Gasteiger partial charge in [0.15, 0.2) is 0 Å². The molecule has 0 bridgehead atoms. The standard InChI is InChI=1S/C16H22FNO2/c1-18(2)9-11-4-3-10-5-15(10)16(11,20)12-6-13(17)8-14(19)7-12/h6-8,10-11,15,19-20H,3-5,9H2,1-2H3/t10-,11-,15+,16-/m1/s1. The molecule has 0 aromatic heterocycles. The van der Waals surface area contributed by atoms with Crippen LogP contribution >= 0.6 is 0 Å². The smallest absolute Gasteiger partial charge is 0.127 e. The third-order valence-corrected chi connectivity index (χ3v) is 4.93. The molecule has 0 aliphatic heterocycles. The van der Waals surface area contributed by atoms with Crippen LogP contribution in [0.25, 0.3) is 0 Å². The Hall–Kier alpha value is -1.13. The van der Waals surface area contributed by atoms with Crippen molar-refractivity contribution >= 4 is 0 Å². The lowest BCUT2D eigenvalue weighted by Crippen LogP contribution is -2.45. The molecule has 0 saturated heterocycles. The lowest BCUT2D eigenvalue weighted by atomic mass is 9.71. The van der Waals surface area contributed by atoms with Crippen molar-refractivity contribution in [3.05, 3.63) is 29.6 Å². The summed E-state index contributed by atoms with van der Waals surface area (Å²) in [5.41, 5.74) is -0.471. The van der Waals surface area contributed by atoms with Gasteiger partial charge in [-0.1, -0.05) is 0 Å². The molecule has 0 radical (unpaired) electrons. The number of halogens is 1. The number of phenolic OH excluding ortho intramolecular Hbond substituents is 1. The molecule has 2 aliphatic rings. The van der Waals surface area contributed by atoms with E-state index in [1.165, 1.54) is 12.1 Å². The second kappa shape index (κ2) is 4.71. The van der Waals surface area contributed by atoms with Gasteiger partial charge >= 0.3 is 0 Å². The van der Waals surface area contributed by atoms with E-state index in [9.17, 15) is 14.6 Å². The van der Waals surface area contributed by atoms with E-state index in [-0.39, 0.29) is 17.6 Å². The van der Waals surface area contributed by atoms with Crippen LogP contribution in [0, 0.1) is 23.6 Å². The van der Waals surface area contributed by atoms with Crippen molar-refractivity contribution in [2.75, 3.05) is 20.6 Å². The van der Waals surface area contributed by atoms with Crippen LogP contribution in [0.2, 0.25) is 0 Å². The average molecular weight is 279 g/mol. The zero-order valence-corrected chi connectivity index (χ0v) is 12.0. The Morgan fingerprint density at radius 1 is 1.30 bits per heavy atom. The summed E-state index contributed by atoms with van der Waals surface area (Å²) in [5.74, 6) is 0.258. The fraction of sp³-hybridized carbons (Fsp3) is 0.625. The van der Waals surface area contributed by atoms with Crippen molar-refractivity contribution in [1.29, 1.82) is 0 Å². The van der Waals surface area contributed by atoms with Gasteiger partial charge in [0, 0.05) is 18.5 Å². The summed E-state index contributed by atoms with van der Waals surface area (Å²) in [6.45, 7) is 0.775. The second-order valence-electron chi connectivity index (χ2n) is 6.66. The highest BCUT2D eigenvalue weighted by Crippen LogP contribution is 2.61. The van der Waals surface area contributed by atoms with Gasteiger partial charge in [0.1, 0.15) is 11.6 Å². The molecule has 110 valence electrons. The zero-order valence-electron chi connectivity index (χ0n) is 12.0. The summed E-state index contributed by atoms with van der Waals surface area (Å²) in [6, 6.07) is 3.98. The Kier molecular flexibility index (Phi) is 3.26. The van der Waals surface area contributed by atoms with Crippen LogP contribution in [0.5, 0.6) is 5.75 Å². The van der Waals surface area contributed by atoms with Crippen LogP contribution in [0.1, 0.15) is 24.8 Å². The molecule has 2 saturated carbocycles. The number of fused-ring (bicyclic) bond motifs is 1. The molecule has 20 heavy (non-hydrogen) atoms. The third-order valence-electron chi connectivity index (χ3n) is 4.93. The maximum Gasteiger partial charge on any atom is 0.127 e. The largest absolute Gasteiger partial charge is 0.508 e. The summed E-state index contributed by atoms with van der Waals surface area (Å²) in [6.07, 6.45) is 3.11. The molecule has 0 heterocycles. The summed E-state index contributed by atoms with van der Waals surface area (Å²) in [7, 11) is 3.98. The Bertz CT molecular complexity index is 499. The zero-order chi connectivity index (χ0) is 14.5. The molecule has 4 atom stereocenters. The van der Waals surface area contributed by atoms with E-state index in [0.29, 0.717) is 11.5 Å². The molecule has 4 heteroatoms. The lowest BCUT2D eigenvalue weighted by molar-refractivity contribution is -0.0753. The summed E-state index contributed by atoms with van der Waals surface area (Å²) in [4.78, 5) is 2.07. The van der Waals surface area contributed by atoms with E-state index in [4.69, 9.17) is 0 Å². The maximum atomic E-state index is 13.6. The van der Waals surface area contributed by atoms with Crippen LogP contribution < -0.4 is 0 Å². The van der Waals surface area contributed by atoms with Gasteiger partial charge in [-0.25, -0.2) is 4.39 Å². The quantitative estimate of drug-likeness (QED) is 0.892. The van der Waals surface area contributed by atoms with E-state index in [2.05, 4.69) is 4.90 Å². The van der Waals surface area contributed by atoms with E-state index in [1.807, 2.05) is 14.1 Å². The van der Waals surface area contributed by atoms with Gasteiger partial charge < -0.3 is 15.1 Å². The number of nitrogens with zero attached hydrogens (tertiary/aromatic N) is 1. The monoisotopic (exact) mass is 279 g/mol. The highest BCUT2D eigenvalue weighted by Gasteiger charge is 2.59. The van der Waals surface area contributed by atoms with Crippen molar-refractivity contribution in [1.82, 2.24) is 4.90 Å². The molecule has 1 aromatic carbocycles. The Labute approximate surface area is 119 Å². The fourth-order valence-electron chi connectivity index (χ4n) is 3.97. The van der Waals surface area contributed by atoms with Crippen molar-refractivity contribution in [3.8, 4) is 5.75 Å². The first-order valence-corrected chi connectivity index (χ1v) is 7.28. The molecule has 0 unspecified atom stereocenters. The third kappa shape index (κ3) is 2.21. The number of hydrogen-bond donors (Lipinski definition) is 2. The Balaban J connectivity index is 2.00. The van der Waals surface area contributed by atoms with Crippen LogP contribution in [-0.2, 0) is 5.60 Å². The number of phenols is 1. The van der Waals surface area contributed by atoms with Gasteiger partial charge in [-0.2, -0.15) is 0 Å². The number of aromatic hydroxyl groups is 1. The van der Waals surface area contributed by atoms with Gasteiger partial charge in [-0.05, 0) is 62.9 Å². The van der Waals surface area contributed by atoms with Gasteiger partial charge in [-0.15, -0.1) is 0 Å². The number of hydrogen-bond acceptors (Lipinski definition) is 3. The van der Waals surface area contributed by atoms with E-state index in [0.717, 1.165) is 31.9 Å². The summed E-state index contributed by atoms with van der Waals surface area (Å²) >= 11 is 0. The highest BCUT2D eigenvalue weighted by atomic mass is 19.1. The minimum absolute atomic E-state index is 0.0856. The van der Waals surface area contributed by atoms with Crippen LogP contribution in [0.3, 0.4) is 0 Å². The fourth-order valence-corrected chi connectivity index (χ4v) is 3.97. The molecule has 2 aliphatic carbocycles. The van der Waals surface area contributed by atoms with E-state index >= 15 is 0 Å². The molecule has 0 amide bonds. The number of benzene rings is 1. The topological polar surface area (TPSA) is 43.7 Å². The molecular weight excluding hydrogens is 257 g/mol. The molecular formula is C16H22FNO2. The van der Waals surface area contributed by atoms with E-state index < -0.39 is 11.4 Å². The van der Waals surface area contributed by atoms with Crippen molar-refractivity contribution in [2.24, 2.45) is 17.8 Å². The highest BCUT2D eigenvalue weighted by molar-refractivity contribution is 5.35. The number of rotatable bonds is 3. The van der Waals surface area contributed by atoms with Crippen LogP contribution in [0.4, 0.5) is 4.39 Å². The van der Waals surface area contributed by atoms with Crippen molar-refractivity contribution in [2.45, 2.75) is 24.9 Å². The van der Waals surface area contributed by atoms with E-state index in [1.54, 1.807) is 0 Å². The Morgan fingerprint density at radius 2 is 2.05 bits per heavy atom. The Morgan fingerprint density at radius 3 is 2.70 bits per heavy atom. The second-order valence-corrected chi connectivity index (χ2v) is 6.66. The molecule has 2 N–H and O–H groups in total. The molecule has 0 spiro atoms. The molecule has 1 aromatic rings. The first-order valence-electron chi connectivity index (χ1n) is 7.28. The summed E-state index contributed by atoms with van der Waals surface area (Å²) < 4.78 is 13.6. The minimum Gasteiger partial charge on any atom is -0.508 e. The lowest BCUT2D eigenvalue weighted by Gasteiger charge is -2.42. The SMILES string of the molecule is CN(C)C[C@H]1CC[C@@H]2C[C@@H]2[C@]1(O)c1cc(O)cc(F)c1. The van der Waals surface area contributed by atoms with Crippen molar-refractivity contribution in [3.63, 3.8) is 0 Å². The minimum atomic E-state index is -1.01. The van der Waals surface area contributed by atoms with Crippen LogP contribution in [0.15, 0.2) is 18.2 Å². The van der Waals surface area contributed by atoms with Gasteiger partial charge in [-0.3, -0.25) is 0 Å². The number of aliphatic hydroxyl groups is 1. The predicted molar refractivity (Wildman–Crippen MR) is 74.8 cm³/mol. The van der Waals surface area contributed by atoms with Gasteiger partial charge in [0.25, 0.3) is 0 Å². The normalized spacial score (nSPS) is 36.0. The first kappa shape index (κ1) is 13.8. The maximum absolute atomic E-state index is 13.6. The van der Waals surface area contributed by atoms with Gasteiger partial charge in [0.05, 0.1) is 5.60 Å². The molecule has 2 fully saturated rings. The molecule has 3 nitrogen and oxygen atoms in total.